The highest BCUT2D eigenvalue weighted by atomic mass is 32.2. The van der Waals surface area contributed by atoms with E-state index in [1.807, 2.05) is 27.7 Å². The van der Waals surface area contributed by atoms with Gasteiger partial charge in [0.05, 0.1) is 17.2 Å². The number of thioether (sulfide) groups is 1. The molecule has 28 heavy (non-hydrogen) atoms. The van der Waals surface area contributed by atoms with Crippen LogP contribution in [0.3, 0.4) is 0 Å². The predicted octanol–water partition coefficient (Wildman–Crippen LogP) is 3.75. The number of thiophene rings is 1. The van der Waals surface area contributed by atoms with Gasteiger partial charge < -0.3 is 10.1 Å². The summed E-state index contributed by atoms with van der Waals surface area (Å²) in [5.41, 5.74) is 1.00. The summed E-state index contributed by atoms with van der Waals surface area (Å²) in [6.45, 7) is 13.9. The average Bonchev–Trinajstić information content (AvgIpc) is 2.89. The number of carbonyl (C=O) groups is 1. The van der Waals surface area contributed by atoms with Crippen LogP contribution in [0.2, 0.25) is 0 Å². The number of nitrogens with one attached hydrogen (secondary N) is 1. The van der Waals surface area contributed by atoms with Crippen molar-refractivity contribution in [3.05, 3.63) is 20.8 Å². The van der Waals surface area contributed by atoms with Crippen LogP contribution in [0.1, 0.15) is 44.6 Å². The first-order valence-corrected chi connectivity index (χ1v) is 11.5. The van der Waals surface area contributed by atoms with Crippen molar-refractivity contribution in [2.45, 2.75) is 65.8 Å². The van der Waals surface area contributed by atoms with Gasteiger partial charge in [0.1, 0.15) is 4.83 Å². The first-order chi connectivity index (χ1) is 13.2. The minimum Gasteiger partial charge on any atom is -0.379 e. The highest BCUT2D eigenvalue weighted by Crippen LogP contribution is 2.28. The van der Waals surface area contributed by atoms with E-state index in [2.05, 4.69) is 19.2 Å². The van der Waals surface area contributed by atoms with E-state index in [1.54, 1.807) is 4.57 Å². The van der Waals surface area contributed by atoms with Gasteiger partial charge in [-0.2, -0.15) is 0 Å². The van der Waals surface area contributed by atoms with Crippen LogP contribution in [0.15, 0.2) is 9.95 Å². The van der Waals surface area contributed by atoms with Crippen LogP contribution in [-0.2, 0) is 16.1 Å². The van der Waals surface area contributed by atoms with Crippen LogP contribution in [0.25, 0.3) is 10.2 Å². The molecule has 0 unspecified atom stereocenters. The molecule has 0 fully saturated rings. The predicted molar refractivity (Wildman–Crippen MR) is 118 cm³/mol. The number of ether oxygens (including phenoxy) is 1. The van der Waals surface area contributed by atoms with Gasteiger partial charge in [0.15, 0.2) is 5.16 Å². The Bertz CT molecular complexity index is 872. The third-order valence-electron chi connectivity index (χ3n) is 4.23. The number of aryl methyl sites for hydroxylation is 2. The lowest BCUT2D eigenvalue weighted by Crippen LogP contribution is -2.29. The van der Waals surface area contributed by atoms with E-state index in [0.717, 1.165) is 21.7 Å². The normalized spacial score (nSPS) is 11.7. The molecule has 1 N–H and O–H groups in total. The first-order valence-electron chi connectivity index (χ1n) is 9.72. The smallest absolute Gasteiger partial charge is 0.263 e. The molecule has 0 radical (unpaired) electrons. The number of rotatable bonds is 10. The second kappa shape index (κ2) is 10.4. The summed E-state index contributed by atoms with van der Waals surface area (Å²) in [5.74, 6) is 0.495. The third-order valence-corrected chi connectivity index (χ3v) is 6.31. The molecule has 8 heteroatoms. The van der Waals surface area contributed by atoms with Gasteiger partial charge in [-0.05, 0) is 45.6 Å². The van der Waals surface area contributed by atoms with Crippen molar-refractivity contribution in [1.29, 1.82) is 0 Å². The monoisotopic (exact) mass is 425 g/mol. The van der Waals surface area contributed by atoms with Gasteiger partial charge in [-0.15, -0.1) is 11.3 Å². The van der Waals surface area contributed by atoms with E-state index in [-0.39, 0.29) is 23.3 Å². The summed E-state index contributed by atoms with van der Waals surface area (Å²) in [5, 5.41) is 4.23. The van der Waals surface area contributed by atoms with E-state index >= 15 is 0 Å². The number of aromatic nitrogens is 2. The zero-order valence-electron chi connectivity index (χ0n) is 17.6. The molecular formula is C20H31N3O3S2. The molecule has 6 nitrogen and oxygen atoms in total. The molecule has 0 bridgehead atoms. The standard InChI is InChI=1S/C20H31N3O3S2/c1-12(2)10-23-19(25)17-14(5)15(6)28-18(17)22-20(23)27-11-16(24)21-8-7-9-26-13(3)4/h12-13H,7-11H2,1-6H3,(H,21,24). The van der Waals surface area contributed by atoms with Crippen molar-refractivity contribution < 1.29 is 9.53 Å². The topological polar surface area (TPSA) is 73.2 Å². The lowest BCUT2D eigenvalue weighted by atomic mass is 10.2. The first kappa shape index (κ1) is 22.9. The van der Waals surface area contributed by atoms with E-state index < -0.39 is 0 Å². The molecule has 2 aromatic rings. The SMILES string of the molecule is Cc1sc2nc(SCC(=O)NCCCOC(C)C)n(CC(C)C)c(=O)c2c1C. The van der Waals surface area contributed by atoms with Gasteiger partial charge in [0.25, 0.3) is 5.56 Å². The van der Waals surface area contributed by atoms with Crippen molar-refractivity contribution in [2.24, 2.45) is 5.92 Å². The number of hydrogen-bond donors (Lipinski definition) is 1. The van der Waals surface area contributed by atoms with Gasteiger partial charge in [-0.25, -0.2) is 4.98 Å². The number of amides is 1. The molecule has 1 amide bonds. The highest BCUT2D eigenvalue weighted by molar-refractivity contribution is 7.99. The molecule has 0 saturated carbocycles. The second-order valence-corrected chi connectivity index (χ2v) is 9.72. The summed E-state index contributed by atoms with van der Waals surface area (Å²) in [4.78, 5) is 31.8. The molecule has 156 valence electrons. The van der Waals surface area contributed by atoms with E-state index in [4.69, 9.17) is 9.72 Å². The fraction of sp³-hybridized carbons (Fsp3) is 0.650. The lowest BCUT2D eigenvalue weighted by Gasteiger charge is -2.14. The molecule has 0 aliphatic heterocycles. The molecular weight excluding hydrogens is 394 g/mol. The Hall–Kier alpha value is -1.38. The van der Waals surface area contributed by atoms with Crippen LogP contribution in [-0.4, -0.2) is 40.5 Å². The summed E-state index contributed by atoms with van der Waals surface area (Å²) >= 11 is 2.86. The molecule has 0 spiro atoms. The summed E-state index contributed by atoms with van der Waals surface area (Å²) in [6.07, 6.45) is 0.986. The number of fused-ring (bicyclic) bond motifs is 1. The number of hydrogen-bond acceptors (Lipinski definition) is 6. The van der Waals surface area contributed by atoms with Crippen molar-refractivity contribution in [2.75, 3.05) is 18.9 Å². The van der Waals surface area contributed by atoms with E-state index in [1.165, 1.54) is 23.1 Å². The van der Waals surface area contributed by atoms with Crippen molar-refractivity contribution in [3.63, 3.8) is 0 Å². The molecule has 0 saturated heterocycles. The Kier molecular flexibility index (Phi) is 8.52. The third kappa shape index (κ3) is 6.06. The quantitative estimate of drug-likeness (QED) is 0.356. The Morgan fingerprint density at radius 1 is 1.29 bits per heavy atom. The average molecular weight is 426 g/mol. The fourth-order valence-corrected chi connectivity index (χ4v) is 4.65. The Morgan fingerprint density at radius 2 is 2.00 bits per heavy atom. The van der Waals surface area contributed by atoms with Crippen molar-refractivity contribution >= 4 is 39.2 Å². The second-order valence-electron chi connectivity index (χ2n) is 7.58. The molecule has 0 atom stereocenters. The van der Waals surface area contributed by atoms with Crippen LogP contribution in [0, 0.1) is 19.8 Å². The van der Waals surface area contributed by atoms with Crippen molar-refractivity contribution in [3.8, 4) is 0 Å². The summed E-state index contributed by atoms with van der Waals surface area (Å²) in [7, 11) is 0. The van der Waals surface area contributed by atoms with Crippen LogP contribution in [0.5, 0.6) is 0 Å². The molecule has 0 aliphatic rings. The Morgan fingerprint density at radius 3 is 2.64 bits per heavy atom. The molecule has 2 rings (SSSR count). The van der Waals surface area contributed by atoms with Gasteiger partial charge in [-0.3, -0.25) is 14.2 Å². The molecule has 2 aromatic heterocycles. The van der Waals surface area contributed by atoms with Gasteiger partial charge in [-0.1, -0.05) is 25.6 Å². The Labute approximate surface area is 175 Å². The van der Waals surface area contributed by atoms with Crippen molar-refractivity contribution in [1.82, 2.24) is 14.9 Å². The summed E-state index contributed by atoms with van der Waals surface area (Å²) in [6, 6.07) is 0. The highest BCUT2D eigenvalue weighted by Gasteiger charge is 2.18. The fourth-order valence-electron chi connectivity index (χ4n) is 2.75. The largest absolute Gasteiger partial charge is 0.379 e. The minimum atomic E-state index is -0.0569. The molecule has 0 aromatic carbocycles. The maximum Gasteiger partial charge on any atom is 0.263 e. The van der Waals surface area contributed by atoms with Gasteiger partial charge in [0.2, 0.25) is 5.91 Å². The van der Waals surface area contributed by atoms with Crippen LogP contribution in [0.4, 0.5) is 0 Å². The van der Waals surface area contributed by atoms with Crippen LogP contribution < -0.4 is 10.9 Å². The number of carbonyl (C=O) groups excluding carboxylic acids is 1. The zero-order chi connectivity index (χ0) is 20.8. The van der Waals surface area contributed by atoms with E-state index in [0.29, 0.717) is 36.2 Å². The molecule has 0 aliphatic carbocycles. The van der Waals surface area contributed by atoms with Gasteiger partial charge >= 0.3 is 0 Å². The zero-order valence-corrected chi connectivity index (χ0v) is 19.3. The maximum absolute atomic E-state index is 13.1. The lowest BCUT2D eigenvalue weighted by molar-refractivity contribution is -0.118. The maximum atomic E-state index is 13.1. The summed E-state index contributed by atoms with van der Waals surface area (Å²) < 4.78 is 7.19. The van der Waals surface area contributed by atoms with Crippen LogP contribution >= 0.6 is 23.1 Å². The van der Waals surface area contributed by atoms with Gasteiger partial charge in [0, 0.05) is 24.6 Å². The molecule has 2 heterocycles. The minimum absolute atomic E-state index is 0.00528. The van der Waals surface area contributed by atoms with E-state index in [9.17, 15) is 9.59 Å². The number of nitrogens with zero attached hydrogens (tertiary/aromatic N) is 2. The Balaban J connectivity index is 2.08.